The van der Waals surface area contributed by atoms with E-state index in [0.29, 0.717) is 18.6 Å². The summed E-state index contributed by atoms with van der Waals surface area (Å²) >= 11 is 0. The van der Waals surface area contributed by atoms with E-state index in [1.54, 1.807) is 6.07 Å². The molecule has 0 fully saturated rings. The van der Waals surface area contributed by atoms with Crippen LogP contribution in [0.5, 0.6) is 0 Å². The molecule has 0 atom stereocenters. The third-order valence-electron chi connectivity index (χ3n) is 4.06. The van der Waals surface area contributed by atoms with E-state index in [4.69, 9.17) is 7.85 Å². The molecule has 3 heterocycles. The predicted molar refractivity (Wildman–Crippen MR) is 85.5 cm³/mol. The van der Waals surface area contributed by atoms with E-state index < -0.39 is 0 Å². The van der Waals surface area contributed by atoms with Crippen LogP contribution in [-0.4, -0.2) is 34.6 Å². The standard InChI is InChI=1S/C17H14BN3O/c18-13-5-4-12-10-21(17(22)15(12)9-13)8-6-14-11-20-7-2-1-3-16(20)19-14/h1-5,7,9,11H,6,8,10H2. The Morgan fingerprint density at radius 3 is 3.00 bits per heavy atom. The number of carbonyl (C=O) groups is 1. The summed E-state index contributed by atoms with van der Waals surface area (Å²) in [5.74, 6) is 0.0612. The van der Waals surface area contributed by atoms with Gasteiger partial charge in [-0.1, -0.05) is 29.7 Å². The molecule has 5 heteroatoms. The van der Waals surface area contributed by atoms with Crippen LogP contribution >= 0.6 is 0 Å². The Morgan fingerprint density at radius 1 is 1.23 bits per heavy atom. The minimum atomic E-state index is 0.0612. The van der Waals surface area contributed by atoms with Crippen molar-refractivity contribution in [3.8, 4) is 0 Å². The molecule has 106 valence electrons. The van der Waals surface area contributed by atoms with Crippen molar-refractivity contribution in [1.29, 1.82) is 0 Å². The molecule has 0 unspecified atom stereocenters. The summed E-state index contributed by atoms with van der Waals surface area (Å²) in [7, 11) is 5.76. The zero-order chi connectivity index (χ0) is 15.1. The molecular weight excluding hydrogens is 273 g/mol. The molecule has 22 heavy (non-hydrogen) atoms. The number of carbonyl (C=O) groups excluding carboxylic acids is 1. The molecule has 1 aromatic carbocycles. The Kier molecular flexibility index (Phi) is 3.00. The zero-order valence-electron chi connectivity index (χ0n) is 12.1. The number of pyridine rings is 1. The Labute approximate surface area is 129 Å². The Hall–Kier alpha value is -2.56. The van der Waals surface area contributed by atoms with Gasteiger partial charge in [-0.05, 0) is 17.7 Å². The van der Waals surface area contributed by atoms with Crippen LogP contribution in [0.3, 0.4) is 0 Å². The molecule has 0 bridgehead atoms. The number of hydrogen-bond donors (Lipinski definition) is 0. The SMILES string of the molecule is [B]c1ccc2c(c1)C(=O)N(CCc1cn3ccccc3n1)C2. The van der Waals surface area contributed by atoms with Gasteiger partial charge in [0.15, 0.2) is 0 Å². The van der Waals surface area contributed by atoms with Crippen molar-refractivity contribution in [2.45, 2.75) is 13.0 Å². The summed E-state index contributed by atoms with van der Waals surface area (Å²) in [6.07, 6.45) is 4.74. The minimum absolute atomic E-state index is 0.0612. The van der Waals surface area contributed by atoms with Gasteiger partial charge in [-0.2, -0.15) is 0 Å². The number of hydrogen-bond acceptors (Lipinski definition) is 2. The van der Waals surface area contributed by atoms with E-state index in [2.05, 4.69) is 4.98 Å². The second-order valence-electron chi connectivity index (χ2n) is 5.59. The van der Waals surface area contributed by atoms with E-state index >= 15 is 0 Å². The van der Waals surface area contributed by atoms with Crippen molar-refractivity contribution in [2.24, 2.45) is 0 Å². The molecule has 0 saturated carbocycles. The smallest absolute Gasteiger partial charge is 0.254 e. The molecule has 4 nitrogen and oxygen atoms in total. The van der Waals surface area contributed by atoms with E-state index in [0.717, 1.165) is 28.9 Å². The monoisotopic (exact) mass is 287 g/mol. The third-order valence-corrected chi connectivity index (χ3v) is 4.06. The summed E-state index contributed by atoms with van der Waals surface area (Å²) in [6.45, 7) is 1.32. The zero-order valence-corrected chi connectivity index (χ0v) is 12.1. The molecule has 0 saturated heterocycles. The maximum Gasteiger partial charge on any atom is 0.254 e. The topological polar surface area (TPSA) is 37.6 Å². The summed E-state index contributed by atoms with van der Waals surface area (Å²) in [6, 6.07) is 11.5. The van der Waals surface area contributed by atoms with Crippen molar-refractivity contribution < 1.29 is 4.79 Å². The normalized spacial score (nSPS) is 13.8. The average molecular weight is 287 g/mol. The summed E-state index contributed by atoms with van der Waals surface area (Å²) < 4.78 is 2.00. The molecule has 1 aliphatic heterocycles. The highest BCUT2D eigenvalue weighted by atomic mass is 16.2. The lowest BCUT2D eigenvalue weighted by molar-refractivity contribution is 0.0780. The van der Waals surface area contributed by atoms with Crippen LogP contribution in [0.1, 0.15) is 21.6 Å². The van der Waals surface area contributed by atoms with Crippen LogP contribution in [-0.2, 0) is 13.0 Å². The second-order valence-corrected chi connectivity index (χ2v) is 5.59. The van der Waals surface area contributed by atoms with Crippen LogP contribution in [0.4, 0.5) is 0 Å². The van der Waals surface area contributed by atoms with Crippen molar-refractivity contribution in [3.63, 3.8) is 0 Å². The van der Waals surface area contributed by atoms with Gasteiger partial charge in [0.25, 0.3) is 5.91 Å². The van der Waals surface area contributed by atoms with Gasteiger partial charge in [-0.15, -0.1) is 0 Å². The van der Waals surface area contributed by atoms with Crippen molar-refractivity contribution in [2.75, 3.05) is 6.54 Å². The maximum absolute atomic E-state index is 12.4. The first kappa shape index (κ1) is 13.1. The largest absolute Gasteiger partial charge is 0.334 e. The molecule has 1 aliphatic rings. The van der Waals surface area contributed by atoms with Crippen molar-refractivity contribution >= 4 is 24.9 Å². The first-order valence-corrected chi connectivity index (χ1v) is 7.31. The molecule has 0 spiro atoms. The first-order chi connectivity index (χ1) is 10.7. The Bertz CT molecular complexity index is 838. The van der Waals surface area contributed by atoms with Crippen molar-refractivity contribution in [1.82, 2.24) is 14.3 Å². The van der Waals surface area contributed by atoms with E-state index in [9.17, 15) is 4.79 Å². The van der Waals surface area contributed by atoms with Crippen LogP contribution in [0.25, 0.3) is 5.65 Å². The van der Waals surface area contributed by atoms with Crippen molar-refractivity contribution in [3.05, 3.63) is 65.6 Å². The first-order valence-electron chi connectivity index (χ1n) is 7.31. The number of aromatic nitrogens is 2. The number of rotatable bonds is 3. The Balaban J connectivity index is 1.50. The lowest BCUT2D eigenvalue weighted by atomic mass is 9.93. The van der Waals surface area contributed by atoms with Gasteiger partial charge in [-0.3, -0.25) is 4.79 Å². The number of fused-ring (bicyclic) bond motifs is 2. The van der Waals surface area contributed by atoms with E-state index in [1.165, 1.54) is 0 Å². The quantitative estimate of drug-likeness (QED) is 0.681. The molecule has 4 rings (SSSR count). The molecule has 0 aliphatic carbocycles. The average Bonchev–Trinajstić information content (AvgIpc) is 3.07. The summed E-state index contributed by atoms with van der Waals surface area (Å²) in [5, 5.41) is 0. The molecule has 2 radical (unpaired) electrons. The van der Waals surface area contributed by atoms with Gasteiger partial charge >= 0.3 is 0 Å². The molecule has 3 aromatic rings. The molecular formula is C17H14BN3O. The lowest BCUT2D eigenvalue weighted by Gasteiger charge is -2.14. The van der Waals surface area contributed by atoms with E-state index in [-0.39, 0.29) is 5.91 Å². The third kappa shape index (κ3) is 2.19. The number of amides is 1. The van der Waals surface area contributed by atoms with Gasteiger partial charge in [0.2, 0.25) is 0 Å². The van der Waals surface area contributed by atoms with Crippen LogP contribution in [0.2, 0.25) is 0 Å². The van der Waals surface area contributed by atoms with Gasteiger partial charge in [0.05, 0.1) is 5.69 Å². The fourth-order valence-corrected chi connectivity index (χ4v) is 2.92. The fourth-order valence-electron chi connectivity index (χ4n) is 2.92. The van der Waals surface area contributed by atoms with Crippen LogP contribution < -0.4 is 5.46 Å². The van der Waals surface area contributed by atoms with E-state index in [1.807, 2.05) is 52.0 Å². The van der Waals surface area contributed by atoms with Gasteiger partial charge in [0.1, 0.15) is 13.5 Å². The van der Waals surface area contributed by atoms with Gasteiger partial charge in [0, 0.05) is 37.5 Å². The number of nitrogens with zero attached hydrogens (tertiary/aromatic N) is 3. The van der Waals surface area contributed by atoms with Crippen LogP contribution in [0.15, 0.2) is 48.8 Å². The number of benzene rings is 1. The van der Waals surface area contributed by atoms with Gasteiger partial charge in [-0.25, -0.2) is 4.98 Å². The minimum Gasteiger partial charge on any atom is -0.334 e. The highest BCUT2D eigenvalue weighted by Gasteiger charge is 2.26. The molecule has 1 amide bonds. The summed E-state index contributed by atoms with van der Waals surface area (Å²) in [4.78, 5) is 18.8. The second kappa shape index (κ2) is 5.02. The van der Waals surface area contributed by atoms with Crippen LogP contribution in [0, 0.1) is 0 Å². The number of imidazole rings is 1. The summed E-state index contributed by atoms with van der Waals surface area (Å²) in [5.41, 5.74) is 4.34. The maximum atomic E-state index is 12.4. The predicted octanol–water partition coefficient (Wildman–Crippen LogP) is 1.33. The highest BCUT2D eigenvalue weighted by molar-refractivity contribution is 6.32. The van der Waals surface area contributed by atoms with Gasteiger partial charge < -0.3 is 9.30 Å². The fraction of sp³-hybridized carbons (Fsp3) is 0.176. The highest BCUT2D eigenvalue weighted by Crippen LogP contribution is 2.21. The lowest BCUT2D eigenvalue weighted by Crippen LogP contribution is -2.26. The molecule has 2 aromatic heterocycles. The molecule has 0 N–H and O–H groups in total. The Morgan fingerprint density at radius 2 is 2.14 bits per heavy atom.